The fourth-order valence-electron chi connectivity index (χ4n) is 3.22. The first-order valence-electron chi connectivity index (χ1n) is 8.52. The summed E-state index contributed by atoms with van der Waals surface area (Å²) in [7, 11) is -3.62. The van der Waals surface area contributed by atoms with Gasteiger partial charge >= 0.3 is 0 Å². The van der Waals surface area contributed by atoms with Gasteiger partial charge in [-0.15, -0.1) is 0 Å². The van der Waals surface area contributed by atoms with Crippen molar-refractivity contribution in [2.75, 3.05) is 12.8 Å². The number of benzene rings is 1. The van der Waals surface area contributed by atoms with E-state index in [0.717, 1.165) is 10.6 Å². The van der Waals surface area contributed by atoms with Gasteiger partial charge in [0.25, 0.3) is 11.5 Å². The van der Waals surface area contributed by atoms with E-state index in [1.54, 1.807) is 42.6 Å². The molecule has 1 fully saturated rings. The third-order valence-electron chi connectivity index (χ3n) is 4.58. The average Bonchev–Trinajstić information content (AvgIpc) is 3.07. The van der Waals surface area contributed by atoms with E-state index in [9.17, 15) is 22.8 Å². The summed E-state index contributed by atoms with van der Waals surface area (Å²) in [5.41, 5.74) is 6.06. The zero-order valence-electron chi connectivity index (χ0n) is 15.1. The largest absolute Gasteiger partial charge is 0.368 e. The molecule has 2 aromatic rings. The highest BCUT2D eigenvalue weighted by atomic mass is 32.2. The van der Waals surface area contributed by atoms with Crippen molar-refractivity contribution in [3.8, 4) is 5.69 Å². The molecule has 1 aliphatic rings. The van der Waals surface area contributed by atoms with Crippen LogP contribution in [-0.4, -0.2) is 54.0 Å². The van der Waals surface area contributed by atoms with Crippen molar-refractivity contribution in [3.63, 3.8) is 0 Å². The molecule has 0 spiro atoms. The Balaban J connectivity index is 1.72. The summed E-state index contributed by atoms with van der Waals surface area (Å²) in [4.78, 5) is 35.9. The highest BCUT2D eigenvalue weighted by molar-refractivity contribution is 7.88. The van der Waals surface area contributed by atoms with Crippen LogP contribution in [0.5, 0.6) is 0 Å². The van der Waals surface area contributed by atoms with Gasteiger partial charge in [0.1, 0.15) is 6.04 Å². The molecule has 1 aliphatic heterocycles. The number of hydrogen-bond donors (Lipinski definition) is 2. The van der Waals surface area contributed by atoms with Gasteiger partial charge in [0.15, 0.2) is 0 Å². The standard InChI is InChI=1S/C18H20N4O5S/c1-28(26,27)22-11-13(10-15(22)17(19)24)20-18(25)12-5-7-14(8-6-12)21-9-3-2-4-16(21)23/h2-9,13,15H,10-11H2,1H3,(H2,19,24)(H,20,25). The van der Waals surface area contributed by atoms with Crippen molar-refractivity contribution in [2.24, 2.45) is 5.73 Å². The van der Waals surface area contributed by atoms with E-state index in [4.69, 9.17) is 5.73 Å². The number of rotatable bonds is 5. The number of nitrogens with one attached hydrogen (secondary N) is 1. The summed E-state index contributed by atoms with van der Waals surface area (Å²) in [6.45, 7) is -0.0182. The Morgan fingerprint density at radius 2 is 1.82 bits per heavy atom. The molecule has 2 atom stereocenters. The molecule has 0 aliphatic carbocycles. The smallest absolute Gasteiger partial charge is 0.255 e. The van der Waals surface area contributed by atoms with Gasteiger partial charge in [-0.2, -0.15) is 4.31 Å². The highest BCUT2D eigenvalue weighted by Gasteiger charge is 2.41. The molecular weight excluding hydrogens is 384 g/mol. The molecule has 28 heavy (non-hydrogen) atoms. The number of amides is 2. The predicted molar refractivity (Wildman–Crippen MR) is 102 cm³/mol. The first-order chi connectivity index (χ1) is 13.2. The normalized spacial score (nSPS) is 20.0. The maximum absolute atomic E-state index is 12.5. The first kappa shape index (κ1) is 19.8. The Morgan fingerprint density at radius 1 is 1.14 bits per heavy atom. The van der Waals surface area contributed by atoms with Crippen LogP contribution in [0.2, 0.25) is 0 Å². The summed E-state index contributed by atoms with van der Waals surface area (Å²) >= 11 is 0. The number of primary amides is 1. The van der Waals surface area contributed by atoms with Crippen LogP contribution in [0, 0.1) is 0 Å². The number of nitrogens with zero attached hydrogens (tertiary/aromatic N) is 2. The van der Waals surface area contributed by atoms with E-state index >= 15 is 0 Å². The molecule has 1 aromatic carbocycles. The number of hydrogen-bond acceptors (Lipinski definition) is 5. The molecule has 10 heteroatoms. The number of aromatic nitrogens is 1. The van der Waals surface area contributed by atoms with E-state index in [1.807, 2.05) is 0 Å². The second-order valence-corrected chi connectivity index (χ2v) is 8.55. The van der Waals surface area contributed by atoms with E-state index in [0.29, 0.717) is 11.3 Å². The lowest BCUT2D eigenvalue weighted by molar-refractivity contribution is -0.121. The minimum Gasteiger partial charge on any atom is -0.368 e. The Kier molecular flexibility index (Phi) is 5.34. The van der Waals surface area contributed by atoms with Gasteiger partial charge in [-0.25, -0.2) is 8.42 Å². The second-order valence-electron chi connectivity index (χ2n) is 6.61. The van der Waals surface area contributed by atoms with Crippen molar-refractivity contribution in [1.82, 2.24) is 14.2 Å². The number of carbonyl (C=O) groups is 2. The molecule has 3 rings (SSSR count). The molecule has 2 unspecified atom stereocenters. The van der Waals surface area contributed by atoms with Crippen molar-refractivity contribution in [2.45, 2.75) is 18.5 Å². The van der Waals surface area contributed by atoms with Gasteiger partial charge in [0, 0.05) is 36.1 Å². The lowest BCUT2D eigenvalue weighted by Gasteiger charge is -2.18. The van der Waals surface area contributed by atoms with Gasteiger partial charge in [0.05, 0.1) is 6.26 Å². The van der Waals surface area contributed by atoms with E-state index in [1.165, 1.54) is 10.6 Å². The van der Waals surface area contributed by atoms with Crippen LogP contribution in [0.3, 0.4) is 0 Å². The number of carbonyl (C=O) groups excluding carboxylic acids is 2. The zero-order chi connectivity index (χ0) is 20.5. The molecule has 3 N–H and O–H groups in total. The molecule has 2 amide bonds. The number of nitrogens with two attached hydrogens (primary N) is 1. The first-order valence-corrected chi connectivity index (χ1v) is 10.4. The number of pyridine rings is 1. The third kappa shape index (κ3) is 4.12. The molecule has 0 radical (unpaired) electrons. The minimum atomic E-state index is -3.62. The van der Waals surface area contributed by atoms with Crippen LogP contribution in [0.4, 0.5) is 0 Å². The van der Waals surface area contributed by atoms with E-state index < -0.39 is 33.9 Å². The Morgan fingerprint density at radius 3 is 2.36 bits per heavy atom. The van der Waals surface area contributed by atoms with Gasteiger partial charge < -0.3 is 11.1 Å². The number of sulfonamides is 1. The summed E-state index contributed by atoms with van der Waals surface area (Å²) in [6, 6.07) is 9.71. The molecule has 148 valence electrons. The summed E-state index contributed by atoms with van der Waals surface area (Å²) in [5, 5.41) is 2.73. The zero-order valence-corrected chi connectivity index (χ0v) is 15.9. The van der Waals surface area contributed by atoms with Gasteiger partial charge in [-0.3, -0.25) is 19.0 Å². The molecular formula is C18H20N4O5S. The monoisotopic (exact) mass is 404 g/mol. The lowest BCUT2D eigenvalue weighted by atomic mass is 10.1. The van der Waals surface area contributed by atoms with Crippen LogP contribution < -0.4 is 16.6 Å². The molecule has 0 saturated carbocycles. The minimum absolute atomic E-state index is 0.0182. The van der Waals surface area contributed by atoms with Crippen LogP contribution in [0.25, 0.3) is 5.69 Å². The highest BCUT2D eigenvalue weighted by Crippen LogP contribution is 2.21. The van der Waals surface area contributed by atoms with Crippen molar-refractivity contribution >= 4 is 21.8 Å². The Labute approximate surface area is 161 Å². The molecule has 1 saturated heterocycles. The van der Waals surface area contributed by atoms with Crippen molar-refractivity contribution in [1.29, 1.82) is 0 Å². The van der Waals surface area contributed by atoms with Gasteiger partial charge in [0.2, 0.25) is 15.9 Å². The fraction of sp³-hybridized carbons (Fsp3) is 0.278. The Bertz CT molecular complexity index is 1060. The maximum Gasteiger partial charge on any atom is 0.255 e. The van der Waals surface area contributed by atoms with E-state index in [-0.39, 0.29) is 18.5 Å². The maximum atomic E-state index is 12.5. The lowest BCUT2D eigenvalue weighted by Crippen LogP contribution is -2.43. The molecule has 9 nitrogen and oxygen atoms in total. The second kappa shape index (κ2) is 7.56. The SMILES string of the molecule is CS(=O)(=O)N1CC(NC(=O)c2ccc(-n3ccccc3=O)cc2)CC1C(N)=O. The van der Waals surface area contributed by atoms with Crippen LogP contribution in [0.15, 0.2) is 53.5 Å². The summed E-state index contributed by atoms with van der Waals surface area (Å²) in [6.07, 6.45) is 2.74. The van der Waals surface area contributed by atoms with Crippen molar-refractivity contribution < 1.29 is 18.0 Å². The van der Waals surface area contributed by atoms with Crippen LogP contribution >= 0.6 is 0 Å². The average molecular weight is 404 g/mol. The molecule has 2 heterocycles. The molecule has 1 aromatic heterocycles. The van der Waals surface area contributed by atoms with Crippen molar-refractivity contribution in [3.05, 3.63) is 64.6 Å². The van der Waals surface area contributed by atoms with Crippen LogP contribution in [0.1, 0.15) is 16.8 Å². The predicted octanol–water partition coefficient (Wildman–Crippen LogP) is -0.545. The third-order valence-corrected chi connectivity index (χ3v) is 5.83. The van der Waals surface area contributed by atoms with E-state index in [2.05, 4.69) is 5.32 Å². The Hall–Kier alpha value is -2.98. The topological polar surface area (TPSA) is 132 Å². The fourth-order valence-corrected chi connectivity index (χ4v) is 4.32. The van der Waals surface area contributed by atoms with Gasteiger partial charge in [-0.1, -0.05) is 6.07 Å². The quantitative estimate of drug-likeness (QED) is 0.691. The van der Waals surface area contributed by atoms with Crippen LogP contribution in [-0.2, 0) is 14.8 Å². The molecule has 0 bridgehead atoms. The summed E-state index contributed by atoms with van der Waals surface area (Å²) in [5.74, 6) is -1.16. The summed E-state index contributed by atoms with van der Waals surface area (Å²) < 4.78 is 26.1. The van der Waals surface area contributed by atoms with Gasteiger partial charge in [-0.05, 0) is 36.8 Å².